The zero-order valence-electron chi connectivity index (χ0n) is 11.4. The van der Waals surface area contributed by atoms with Gasteiger partial charge in [-0.3, -0.25) is 0 Å². The van der Waals surface area contributed by atoms with Gasteiger partial charge in [-0.25, -0.2) is 0 Å². The van der Waals surface area contributed by atoms with Gasteiger partial charge in [-0.2, -0.15) is 0 Å². The minimum atomic E-state index is 0.790. The number of benzene rings is 1. The Bertz CT molecular complexity index is 399. The van der Waals surface area contributed by atoms with Crippen LogP contribution in [0.1, 0.15) is 31.2 Å². The molecular formula is C16H23NOS. The van der Waals surface area contributed by atoms with E-state index in [0.717, 1.165) is 31.7 Å². The van der Waals surface area contributed by atoms with Crippen LogP contribution in [0.3, 0.4) is 0 Å². The number of ether oxygens (including phenoxy) is 1. The van der Waals surface area contributed by atoms with Gasteiger partial charge in [0.25, 0.3) is 0 Å². The van der Waals surface area contributed by atoms with Crippen LogP contribution in [0, 0.1) is 5.92 Å². The first-order valence-electron chi connectivity index (χ1n) is 7.43. The summed E-state index contributed by atoms with van der Waals surface area (Å²) in [5.74, 6) is 2.08. The van der Waals surface area contributed by atoms with E-state index in [-0.39, 0.29) is 0 Å². The third-order valence-electron chi connectivity index (χ3n) is 3.90. The van der Waals surface area contributed by atoms with E-state index < -0.39 is 0 Å². The van der Waals surface area contributed by atoms with Gasteiger partial charge < -0.3 is 10.1 Å². The number of hydrogen-bond acceptors (Lipinski definition) is 3. The van der Waals surface area contributed by atoms with Gasteiger partial charge in [0.05, 0.1) is 0 Å². The van der Waals surface area contributed by atoms with Crippen molar-refractivity contribution in [3.8, 4) is 0 Å². The molecule has 2 aliphatic rings. The summed E-state index contributed by atoms with van der Waals surface area (Å²) in [6.45, 7) is 2.93. The first-order chi connectivity index (χ1) is 9.40. The van der Waals surface area contributed by atoms with Gasteiger partial charge in [-0.05, 0) is 49.3 Å². The summed E-state index contributed by atoms with van der Waals surface area (Å²) >= 11 is 2.01. The number of thioether (sulfide) groups is 1. The summed E-state index contributed by atoms with van der Waals surface area (Å²) in [7, 11) is 0. The van der Waals surface area contributed by atoms with Gasteiger partial charge >= 0.3 is 0 Å². The Balaban J connectivity index is 1.47. The van der Waals surface area contributed by atoms with Crippen LogP contribution < -0.4 is 5.32 Å². The van der Waals surface area contributed by atoms with Crippen LogP contribution in [0.2, 0.25) is 0 Å². The molecule has 0 amide bonds. The lowest BCUT2D eigenvalue weighted by Crippen LogP contribution is -2.17. The largest absolute Gasteiger partial charge is 0.381 e. The van der Waals surface area contributed by atoms with Gasteiger partial charge in [-0.15, -0.1) is 11.8 Å². The van der Waals surface area contributed by atoms with E-state index in [1.165, 1.54) is 41.9 Å². The molecule has 2 nitrogen and oxygen atoms in total. The molecule has 1 heterocycles. The molecule has 0 aromatic heterocycles. The molecule has 1 saturated carbocycles. The molecule has 1 aliphatic heterocycles. The predicted molar refractivity (Wildman–Crippen MR) is 80.6 cm³/mol. The van der Waals surface area contributed by atoms with Gasteiger partial charge in [0.15, 0.2) is 0 Å². The van der Waals surface area contributed by atoms with Crippen molar-refractivity contribution in [3.63, 3.8) is 0 Å². The third kappa shape index (κ3) is 4.51. The van der Waals surface area contributed by atoms with Crippen molar-refractivity contribution in [2.45, 2.75) is 43.2 Å². The van der Waals surface area contributed by atoms with Crippen molar-refractivity contribution < 1.29 is 4.74 Å². The molecule has 1 N–H and O–H groups in total. The smallest absolute Gasteiger partial charge is 0.0468 e. The highest BCUT2D eigenvalue weighted by atomic mass is 32.2. The first kappa shape index (κ1) is 13.5. The van der Waals surface area contributed by atoms with E-state index in [1.54, 1.807) is 0 Å². The maximum atomic E-state index is 5.41. The highest BCUT2D eigenvalue weighted by Gasteiger charge is 2.20. The van der Waals surface area contributed by atoms with Crippen molar-refractivity contribution in [1.29, 1.82) is 0 Å². The second-order valence-corrected chi connectivity index (χ2v) is 6.76. The molecule has 1 aromatic rings. The molecule has 0 unspecified atom stereocenters. The van der Waals surface area contributed by atoms with Crippen molar-refractivity contribution >= 4 is 11.8 Å². The maximum absolute atomic E-state index is 5.41. The summed E-state index contributed by atoms with van der Waals surface area (Å²) in [4.78, 5) is 1.42. The minimum absolute atomic E-state index is 0.790. The number of nitrogens with one attached hydrogen (secondary N) is 1. The van der Waals surface area contributed by atoms with Gasteiger partial charge in [0.2, 0.25) is 0 Å². The lowest BCUT2D eigenvalue weighted by Gasteiger charge is -2.21. The summed E-state index contributed by atoms with van der Waals surface area (Å²) in [5.41, 5.74) is 1.42. The monoisotopic (exact) mass is 277 g/mol. The average Bonchev–Trinajstić information content (AvgIpc) is 3.29. The van der Waals surface area contributed by atoms with Crippen LogP contribution in [0.25, 0.3) is 0 Å². The van der Waals surface area contributed by atoms with E-state index in [9.17, 15) is 0 Å². The molecule has 1 aliphatic carbocycles. The fraction of sp³-hybridized carbons (Fsp3) is 0.625. The highest BCUT2D eigenvalue weighted by Crippen LogP contribution is 2.26. The van der Waals surface area contributed by atoms with Gasteiger partial charge in [0, 0.05) is 36.4 Å². The Labute approximate surface area is 120 Å². The Morgan fingerprint density at radius 2 is 2.00 bits per heavy atom. The summed E-state index contributed by atoms with van der Waals surface area (Å²) < 4.78 is 5.41. The van der Waals surface area contributed by atoms with E-state index in [4.69, 9.17) is 4.74 Å². The van der Waals surface area contributed by atoms with Crippen molar-refractivity contribution in [1.82, 2.24) is 5.32 Å². The Kier molecular flexibility index (Phi) is 4.81. The SMILES string of the molecule is c1cc(CNC2CC2)cc(SCC2CCOCC2)c1. The van der Waals surface area contributed by atoms with E-state index in [2.05, 4.69) is 29.6 Å². The fourth-order valence-electron chi connectivity index (χ4n) is 2.42. The molecule has 3 heteroatoms. The van der Waals surface area contributed by atoms with Gasteiger partial charge in [-0.1, -0.05) is 12.1 Å². The molecule has 2 fully saturated rings. The second kappa shape index (κ2) is 6.78. The molecular weight excluding hydrogens is 254 g/mol. The molecule has 104 valence electrons. The van der Waals surface area contributed by atoms with Crippen molar-refractivity contribution in [2.24, 2.45) is 5.92 Å². The summed E-state index contributed by atoms with van der Waals surface area (Å²) in [5, 5.41) is 3.58. The van der Waals surface area contributed by atoms with Crippen LogP contribution in [0.5, 0.6) is 0 Å². The van der Waals surface area contributed by atoms with Crippen LogP contribution in [0.4, 0.5) is 0 Å². The molecule has 3 rings (SSSR count). The topological polar surface area (TPSA) is 21.3 Å². The molecule has 0 atom stereocenters. The molecule has 0 bridgehead atoms. The Morgan fingerprint density at radius 3 is 2.79 bits per heavy atom. The summed E-state index contributed by atoms with van der Waals surface area (Å²) in [6.07, 6.45) is 5.18. The number of rotatable bonds is 6. The molecule has 0 spiro atoms. The quantitative estimate of drug-likeness (QED) is 0.805. The lowest BCUT2D eigenvalue weighted by atomic mass is 10.0. The standard InChI is InChI=1S/C16H23NOS/c1-2-14(11-17-15-4-5-15)10-16(3-1)19-12-13-6-8-18-9-7-13/h1-3,10,13,15,17H,4-9,11-12H2. The Hall–Kier alpha value is -0.510. The van der Waals surface area contributed by atoms with Crippen molar-refractivity contribution in [2.75, 3.05) is 19.0 Å². The maximum Gasteiger partial charge on any atom is 0.0468 e. The third-order valence-corrected chi connectivity index (χ3v) is 5.12. The minimum Gasteiger partial charge on any atom is -0.381 e. The first-order valence-corrected chi connectivity index (χ1v) is 8.41. The van der Waals surface area contributed by atoms with E-state index in [1.807, 2.05) is 11.8 Å². The number of hydrogen-bond donors (Lipinski definition) is 1. The fourth-order valence-corrected chi connectivity index (χ4v) is 3.59. The van der Waals surface area contributed by atoms with Crippen LogP contribution in [0.15, 0.2) is 29.2 Å². The van der Waals surface area contributed by atoms with Gasteiger partial charge in [0.1, 0.15) is 0 Å². The van der Waals surface area contributed by atoms with E-state index >= 15 is 0 Å². The second-order valence-electron chi connectivity index (χ2n) is 5.67. The summed E-state index contributed by atoms with van der Waals surface area (Å²) in [6, 6.07) is 9.80. The average molecular weight is 277 g/mol. The zero-order valence-corrected chi connectivity index (χ0v) is 12.3. The predicted octanol–water partition coefficient (Wildman–Crippen LogP) is 3.46. The van der Waals surface area contributed by atoms with Crippen LogP contribution in [-0.2, 0) is 11.3 Å². The molecule has 1 saturated heterocycles. The molecule has 0 radical (unpaired) electrons. The molecule has 1 aromatic carbocycles. The lowest BCUT2D eigenvalue weighted by molar-refractivity contribution is 0.0728. The van der Waals surface area contributed by atoms with Crippen LogP contribution in [-0.4, -0.2) is 25.0 Å². The van der Waals surface area contributed by atoms with Crippen LogP contribution >= 0.6 is 11.8 Å². The van der Waals surface area contributed by atoms with E-state index in [0.29, 0.717) is 0 Å². The van der Waals surface area contributed by atoms with Crippen molar-refractivity contribution in [3.05, 3.63) is 29.8 Å². The Morgan fingerprint density at radius 1 is 1.16 bits per heavy atom. The zero-order chi connectivity index (χ0) is 12.9. The normalized spacial score (nSPS) is 20.6. The highest BCUT2D eigenvalue weighted by molar-refractivity contribution is 7.99. The molecule has 19 heavy (non-hydrogen) atoms.